The summed E-state index contributed by atoms with van der Waals surface area (Å²) in [6, 6.07) is 6.04. The number of nitrogens with zero attached hydrogens (tertiary/aromatic N) is 3. The first-order chi connectivity index (χ1) is 17.5. The maximum atomic E-state index is 13.5. The first-order valence-electron chi connectivity index (χ1n) is 11.0. The number of hydrogen-bond donors (Lipinski definition) is 5. The average Bonchev–Trinajstić information content (AvgIpc) is 3.23. The van der Waals surface area contributed by atoms with Crippen LogP contribution >= 0.6 is 23.2 Å². The zero-order valence-electron chi connectivity index (χ0n) is 19.1. The Balaban J connectivity index is 1.87. The molecule has 0 fully saturated rings. The predicted octanol–water partition coefficient (Wildman–Crippen LogP) is 2.44. The minimum Gasteiger partial charge on any atom is -0.481 e. The molecule has 14 heteroatoms. The molecule has 1 aliphatic rings. The number of benzene rings is 2. The summed E-state index contributed by atoms with van der Waals surface area (Å²) in [7, 11) is 0. The molecule has 2 amide bonds. The number of carbonyl (C=O) groups excluding carboxylic acids is 2. The lowest BCUT2D eigenvalue weighted by molar-refractivity contribution is -0.138. The van der Waals surface area contributed by atoms with E-state index in [-0.39, 0.29) is 40.2 Å². The molecule has 2 unspecified atom stereocenters. The van der Waals surface area contributed by atoms with Gasteiger partial charge < -0.3 is 27.2 Å². The summed E-state index contributed by atoms with van der Waals surface area (Å²) in [5.41, 5.74) is 12.4. The lowest BCUT2D eigenvalue weighted by Crippen LogP contribution is -2.41. The number of carboxylic acid groups (broad SMARTS) is 1. The van der Waals surface area contributed by atoms with Crippen molar-refractivity contribution in [1.82, 2.24) is 15.1 Å². The fraction of sp³-hybridized carbons (Fsp3) is 0.261. The molecule has 0 spiro atoms. The summed E-state index contributed by atoms with van der Waals surface area (Å²) in [6.07, 6.45) is -0.215. The Hall–Kier alpha value is -3.90. The fourth-order valence-corrected chi connectivity index (χ4v) is 4.76. The van der Waals surface area contributed by atoms with E-state index in [2.05, 4.69) is 20.7 Å². The Morgan fingerprint density at radius 3 is 2.46 bits per heavy atom. The topological polar surface area (TPSA) is 178 Å². The van der Waals surface area contributed by atoms with Crippen LogP contribution in [0.3, 0.4) is 0 Å². The number of nitrogens with two attached hydrogens (primary N) is 2. The van der Waals surface area contributed by atoms with Gasteiger partial charge in [0.2, 0.25) is 11.8 Å². The van der Waals surface area contributed by atoms with Crippen LogP contribution in [0.2, 0.25) is 10.0 Å². The third-order valence-corrected chi connectivity index (χ3v) is 6.27. The second kappa shape index (κ2) is 10.6. The summed E-state index contributed by atoms with van der Waals surface area (Å²) >= 11 is 12.3. The Kier molecular flexibility index (Phi) is 7.50. The number of nitrogens with one attached hydrogen (secondary N) is 2. The number of hydrogen-bond acceptors (Lipinski definition) is 7. The number of rotatable bonds is 8. The number of aromatic nitrogens is 2. The van der Waals surface area contributed by atoms with Crippen LogP contribution in [0.25, 0.3) is 10.9 Å². The third kappa shape index (κ3) is 5.75. The van der Waals surface area contributed by atoms with E-state index >= 15 is 0 Å². The number of guanidine groups is 1. The number of aliphatic carboxylic acids is 1. The first kappa shape index (κ1) is 26.2. The molecule has 1 aliphatic heterocycles. The van der Waals surface area contributed by atoms with E-state index in [1.165, 1.54) is 41.2 Å². The highest BCUT2D eigenvalue weighted by Gasteiger charge is 2.34. The smallest absolute Gasteiger partial charge is 0.304 e. The monoisotopic (exact) mass is 549 g/mol. The molecule has 37 heavy (non-hydrogen) atoms. The van der Waals surface area contributed by atoms with Crippen LogP contribution in [0.5, 0.6) is 0 Å². The number of halogens is 3. The van der Waals surface area contributed by atoms with E-state index < -0.39 is 42.3 Å². The van der Waals surface area contributed by atoms with Crippen molar-refractivity contribution >= 4 is 63.5 Å². The van der Waals surface area contributed by atoms with Gasteiger partial charge in [0, 0.05) is 26.9 Å². The molecule has 0 aliphatic carbocycles. The van der Waals surface area contributed by atoms with Crippen LogP contribution in [-0.4, -0.2) is 57.9 Å². The van der Waals surface area contributed by atoms with Gasteiger partial charge in [-0.05, 0) is 35.9 Å². The van der Waals surface area contributed by atoms with Gasteiger partial charge in [-0.25, -0.2) is 9.38 Å². The maximum absolute atomic E-state index is 13.5. The Morgan fingerprint density at radius 2 is 1.89 bits per heavy atom. The SMILES string of the molecule is NC(=O)c1cc(NC2=NCC(F)CN2)c2cnn(C(C(N)=O)[C@@H](CC(=O)O)c3cc(Cl)cc(Cl)c3)c2c1. The Morgan fingerprint density at radius 1 is 1.19 bits per heavy atom. The van der Waals surface area contributed by atoms with E-state index in [0.29, 0.717) is 16.6 Å². The van der Waals surface area contributed by atoms with E-state index in [1.807, 2.05) is 0 Å². The maximum Gasteiger partial charge on any atom is 0.304 e. The zero-order valence-corrected chi connectivity index (χ0v) is 20.6. The second-order valence-corrected chi connectivity index (χ2v) is 9.33. The van der Waals surface area contributed by atoms with E-state index in [9.17, 15) is 23.9 Å². The van der Waals surface area contributed by atoms with Gasteiger partial charge in [-0.15, -0.1) is 0 Å². The minimum atomic E-state index is -1.31. The molecule has 2 heterocycles. The number of aliphatic imine (C=N–C) groups is 1. The van der Waals surface area contributed by atoms with Gasteiger partial charge in [-0.3, -0.25) is 19.1 Å². The quantitative estimate of drug-likeness (QED) is 0.286. The first-order valence-corrected chi connectivity index (χ1v) is 11.8. The summed E-state index contributed by atoms with van der Waals surface area (Å²) in [6.45, 7) is 0.00260. The molecule has 11 nitrogen and oxygen atoms in total. The van der Waals surface area contributed by atoms with Crippen LogP contribution in [0.15, 0.2) is 41.5 Å². The summed E-state index contributed by atoms with van der Waals surface area (Å²) < 4.78 is 14.7. The summed E-state index contributed by atoms with van der Waals surface area (Å²) in [5, 5.41) is 20.7. The van der Waals surface area contributed by atoms with E-state index in [1.54, 1.807) is 0 Å². The molecule has 0 saturated carbocycles. The normalized spacial score (nSPS) is 16.9. The molecule has 7 N–H and O–H groups in total. The van der Waals surface area contributed by atoms with Crippen molar-refractivity contribution in [3.63, 3.8) is 0 Å². The molecule has 3 aromatic rings. The standard InChI is InChI=1S/C23H22Cl2FN7O4/c24-12-1-10(2-13(25)5-12)15(6-19(34)35)20(22(28)37)33-18-4-11(21(27)36)3-17(16(18)9-31-33)32-23-29-7-14(26)8-30-23/h1-5,9,14-15,20H,6-8H2,(H2,27,36)(H2,28,37)(H,34,35)(H2,29,30,32)/t15-,20?/m0/s1. The number of carbonyl (C=O) groups is 3. The minimum absolute atomic E-state index is 0.0456. The zero-order chi connectivity index (χ0) is 26.9. The molecule has 0 saturated heterocycles. The van der Waals surface area contributed by atoms with Crippen molar-refractivity contribution in [2.75, 3.05) is 18.4 Å². The number of fused-ring (bicyclic) bond motifs is 1. The van der Waals surface area contributed by atoms with Crippen molar-refractivity contribution in [3.8, 4) is 0 Å². The van der Waals surface area contributed by atoms with Crippen LogP contribution in [0.1, 0.15) is 34.3 Å². The van der Waals surface area contributed by atoms with Gasteiger partial charge in [-0.1, -0.05) is 23.2 Å². The summed E-state index contributed by atoms with van der Waals surface area (Å²) in [4.78, 5) is 40.8. The molecule has 1 aromatic heterocycles. The number of amides is 2. The Bertz CT molecular complexity index is 1410. The van der Waals surface area contributed by atoms with Crippen LogP contribution in [0, 0.1) is 0 Å². The lowest BCUT2D eigenvalue weighted by Gasteiger charge is -2.25. The van der Waals surface area contributed by atoms with Gasteiger partial charge in [0.25, 0.3) is 0 Å². The second-order valence-electron chi connectivity index (χ2n) is 8.46. The molecule has 2 aromatic carbocycles. The molecule has 3 atom stereocenters. The van der Waals surface area contributed by atoms with Crippen LogP contribution in [-0.2, 0) is 9.59 Å². The third-order valence-electron chi connectivity index (χ3n) is 5.84. The molecule has 4 rings (SSSR count). The highest BCUT2D eigenvalue weighted by atomic mass is 35.5. The van der Waals surface area contributed by atoms with Crippen molar-refractivity contribution in [2.24, 2.45) is 16.5 Å². The Labute approximate surface area is 219 Å². The van der Waals surface area contributed by atoms with E-state index in [0.717, 1.165) is 0 Å². The number of primary amides is 2. The highest BCUT2D eigenvalue weighted by molar-refractivity contribution is 6.34. The van der Waals surface area contributed by atoms with E-state index in [4.69, 9.17) is 34.7 Å². The van der Waals surface area contributed by atoms with Crippen LogP contribution < -0.4 is 22.1 Å². The summed E-state index contributed by atoms with van der Waals surface area (Å²) in [5.74, 6) is -3.59. The predicted molar refractivity (Wildman–Crippen MR) is 137 cm³/mol. The molecule has 0 radical (unpaired) electrons. The van der Waals surface area contributed by atoms with Gasteiger partial charge >= 0.3 is 5.97 Å². The molecular formula is C23H22Cl2FN7O4. The van der Waals surface area contributed by atoms with Crippen LogP contribution in [0.4, 0.5) is 10.1 Å². The highest BCUT2D eigenvalue weighted by Crippen LogP contribution is 2.37. The van der Waals surface area contributed by atoms with Crippen molar-refractivity contribution < 1.29 is 23.9 Å². The van der Waals surface area contributed by atoms with Gasteiger partial charge in [0.1, 0.15) is 12.2 Å². The molecule has 0 bridgehead atoms. The number of anilines is 1. The van der Waals surface area contributed by atoms with Crippen molar-refractivity contribution in [2.45, 2.75) is 24.6 Å². The fourth-order valence-electron chi connectivity index (χ4n) is 4.22. The van der Waals surface area contributed by atoms with Gasteiger partial charge in [0.05, 0.1) is 36.9 Å². The lowest BCUT2D eigenvalue weighted by atomic mass is 9.88. The van der Waals surface area contributed by atoms with Gasteiger partial charge in [-0.2, -0.15) is 5.10 Å². The van der Waals surface area contributed by atoms with Crippen molar-refractivity contribution in [3.05, 3.63) is 57.7 Å². The van der Waals surface area contributed by atoms with Crippen molar-refractivity contribution in [1.29, 1.82) is 0 Å². The average molecular weight is 550 g/mol. The molecular weight excluding hydrogens is 528 g/mol. The number of carboxylic acids is 1. The van der Waals surface area contributed by atoms with Gasteiger partial charge in [0.15, 0.2) is 5.96 Å². The molecule has 194 valence electrons. The number of alkyl halides is 1. The largest absolute Gasteiger partial charge is 0.481 e.